The van der Waals surface area contributed by atoms with E-state index in [1.165, 1.54) is 0 Å². The molecule has 0 bridgehead atoms. The van der Waals surface area contributed by atoms with Gasteiger partial charge in [0.1, 0.15) is 5.75 Å². The second kappa shape index (κ2) is 7.17. The van der Waals surface area contributed by atoms with E-state index in [1.807, 2.05) is 6.92 Å². The summed E-state index contributed by atoms with van der Waals surface area (Å²) in [5, 5.41) is 2.79. The molecule has 0 spiro atoms. The standard InChI is InChI=1S/C19H18N2O4/c1-2-25-16-9-5-14(6-10-16)20-19(24)13-3-7-15(8-4-13)21-17(22)11-12-18(21)23/h3-10H,2,11-12H2,1H3,(H,20,24). The van der Waals surface area contributed by atoms with Crippen LogP contribution < -0.4 is 15.0 Å². The Morgan fingerprint density at radius 1 is 1.00 bits per heavy atom. The zero-order valence-electron chi connectivity index (χ0n) is 13.8. The fourth-order valence-corrected chi connectivity index (χ4v) is 2.63. The van der Waals surface area contributed by atoms with Gasteiger partial charge in [0.15, 0.2) is 0 Å². The topological polar surface area (TPSA) is 75.7 Å². The number of nitrogens with zero attached hydrogens (tertiary/aromatic N) is 1. The van der Waals surface area contributed by atoms with E-state index >= 15 is 0 Å². The zero-order chi connectivity index (χ0) is 17.8. The number of imide groups is 1. The summed E-state index contributed by atoms with van der Waals surface area (Å²) in [5.74, 6) is 0.0489. The highest BCUT2D eigenvalue weighted by Gasteiger charge is 2.30. The van der Waals surface area contributed by atoms with E-state index in [-0.39, 0.29) is 30.6 Å². The second-order valence-corrected chi connectivity index (χ2v) is 5.58. The van der Waals surface area contributed by atoms with Crippen molar-refractivity contribution in [3.63, 3.8) is 0 Å². The lowest BCUT2D eigenvalue weighted by atomic mass is 10.1. The molecule has 128 valence electrons. The first-order valence-corrected chi connectivity index (χ1v) is 8.08. The van der Waals surface area contributed by atoms with Crippen molar-refractivity contribution in [1.82, 2.24) is 0 Å². The van der Waals surface area contributed by atoms with Gasteiger partial charge in [-0.15, -0.1) is 0 Å². The van der Waals surface area contributed by atoms with Gasteiger partial charge in [0.2, 0.25) is 11.8 Å². The molecule has 0 aromatic heterocycles. The number of benzene rings is 2. The third-order valence-electron chi connectivity index (χ3n) is 3.86. The quantitative estimate of drug-likeness (QED) is 0.851. The van der Waals surface area contributed by atoms with Crippen LogP contribution in [0.15, 0.2) is 48.5 Å². The summed E-state index contributed by atoms with van der Waals surface area (Å²) < 4.78 is 5.36. The largest absolute Gasteiger partial charge is 0.494 e. The molecule has 1 N–H and O–H groups in total. The smallest absolute Gasteiger partial charge is 0.255 e. The molecule has 1 aliphatic heterocycles. The molecule has 25 heavy (non-hydrogen) atoms. The van der Waals surface area contributed by atoms with Crippen molar-refractivity contribution in [3.05, 3.63) is 54.1 Å². The first kappa shape index (κ1) is 16.7. The highest BCUT2D eigenvalue weighted by Crippen LogP contribution is 2.23. The number of hydrogen-bond donors (Lipinski definition) is 1. The van der Waals surface area contributed by atoms with Crippen LogP contribution in [0.3, 0.4) is 0 Å². The third-order valence-corrected chi connectivity index (χ3v) is 3.86. The van der Waals surface area contributed by atoms with Crippen LogP contribution >= 0.6 is 0 Å². The lowest BCUT2D eigenvalue weighted by molar-refractivity contribution is -0.121. The van der Waals surface area contributed by atoms with Crippen LogP contribution in [-0.4, -0.2) is 24.3 Å². The molecule has 0 atom stereocenters. The molecular formula is C19H18N2O4. The molecule has 1 fully saturated rings. The Bertz CT molecular complexity index is 781. The van der Waals surface area contributed by atoms with Crippen molar-refractivity contribution < 1.29 is 19.1 Å². The second-order valence-electron chi connectivity index (χ2n) is 5.58. The molecule has 3 rings (SSSR count). The van der Waals surface area contributed by atoms with Gasteiger partial charge in [-0.25, -0.2) is 0 Å². The number of nitrogens with one attached hydrogen (secondary N) is 1. The summed E-state index contributed by atoms with van der Waals surface area (Å²) in [7, 11) is 0. The maximum Gasteiger partial charge on any atom is 0.255 e. The molecule has 0 radical (unpaired) electrons. The van der Waals surface area contributed by atoms with E-state index < -0.39 is 0 Å². The minimum absolute atomic E-state index is 0.211. The molecule has 1 saturated heterocycles. The van der Waals surface area contributed by atoms with Crippen molar-refractivity contribution in [1.29, 1.82) is 0 Å². The highest BCUT2D eigenvalue weighted by molar-refractivity contribution is 6.20. The van der Waals surface area contributed by atoms with Crippen LogP contribution in [-0.2, 0) is 9.59 Å². The summed E-state index contributed by atoms with van der Waals surface area (Å²) in [4.78, 5) is 36.9. The highest BCUT2D eigenvalue weighted by atomic mass is 16.5. The number of rotatable bonds is 5. The molecule has 2 aromatic rings. The van der Waals surface area contributed by atoms with E-state index in [1.54, 1.807) is 48.5 Å². The van der Waals surface area contributed by atoms with Gasteiger partial charge in [-0.2, -0.15) is 0 Å². The molecular weight excluding hydrogens is 320 g/mol. The van der Waals surface area contributed by atoms with Crippen LogP contribution in [0.4, 0.5) is 11.4 Å². The van der Waals surface area contributed by atoms with Crippen molar-refractivity contribution >= 4 is 29.1 Å². The summed E-state index contributed by atoms with van der Waals surface area (Å²) in [6, 6.07) is 13.5. The number of carbonyl (C=O) groups is 3. The summed E-state index contributed by atoms with van der Waals surface area (Å²) >= 11 is 0. The Morgan fingerprint density at radius 3 is 2.16 bits per heavy atom. The fourth-order valence-electron chi connectivity index (χ4n) is 2.63. The van der Waals surface area contributed by atoms with Gasteiger partial charge in [0.25, 0.3) is 5.91 Å². The van der Waals surface area contributed by atoms with Gasteiger partial charge < -0.3 is 10.1 Å². The summed E-state index contributed by atoms with van der Waals surface area (Å²) in [6.07, 6.45) is 0.470. The van der Waals surface area contributed by atoms with Gasteiger partial charge in [-0.3, -0.25) is 19.3 Å². The SMILES string of the molecule is CCOc1ccc(NC(=O)c2ccc(N3C(=O)CCC3=O)cc2)cc1. The minimum atomic E-state index is -0.269. The first-order valence-electron chi connectivity index (χ1n) is 8.08. The lowest BCUT2D eigenvalue weighted by Gasteiger charge is -2.14. The molecule has 1 heterocycles. The van der Waals surface area contributed by atoms with E-state index in [4.69, 9.17) is 4.74 Å². The molecule has 0 saturated carbocycles. The monoisotopic (exact) mass is 338 g/mol. The number of anilines is 2. The van der Waals surface area contributed by atoms with Crippen LogP contribution in [0, 0.1) is 0 Å². The molecule has 6 nitrogen and oxygen atoms in total. The number of carbonyl (C=O) groups excluding carboxylic acids is 3. The summed E-state index contributed by atoms with van der Waals surface area (Å²) in [6.45, 7) is 2.49. The number of amides is 3. The normalized spacial score (nSPS) is 13.9. The number of hydrogen-bond acceptors (Lipinski definition) is 4. The van der Waals surface area contributed by atoms with Gasteiger partial charge in [-0.05, 0) is 55.5 Å². The average Bonchev–Trinajstić information content (AvgIpc) is 2.95. The Hall–Kier alpha value is -3.15. The van der Waals surface area contributed by atoms with Crippen molar-refractivity contribution in [2.45, 2.75) is 19.8 Å². The van der Waals surface area contributed by atoms with E-state index in [0.29, 0.717) is 23.5 Å². The van der Waals surface area contributed by atoms with E-state index in [0.717, 1.165) is 10.6 Å². The van der Waals surface area contributed by atoms with Gasteiger partial charge >= 0.3 is 0 Å². The average molecular weight is 338 g/mol. The van der Waals surface area contributed by atoms with Gasteiger partial charge in [-0.1, -0.05) is 0 Å². The van der Waals surface area contributed by atoms with Crippen molar-refractivity contribution in [3.8, 4) is 5.75 Å². The number of ether oxygens (including phenoxy) is 1. The Kier molecular flexibility index (Phi) is 4.79. The predicted molar refractivity (Wildman–Crippen MR) is 93.7 cm³/mol. The minimum Gasteiger partial charge on any atom is -0.494 e. The first-order chi connectivity index (χ1) is 12.1. The molecule has 0 aliphatic carbocycles. The van der Waals surface area contributed by atoms with Crippen LogP contribution in [0.2, 0.25) is 0 Å². The Morgan fingerprint density at radius 2 is 1.60 bits per heavy atom. The Labute approximate surface area is 145 Å². The maximum absolute atomic E-state index is 12.3. The van der Waals surface area contributed by atoms with Crippen LogP contribution in [0.5, 0.6) is 5.75 Å². The predicted octanol–water partition coefficient (Wildman–Crippen LogP) is 2.99. The Balaban J connectivity index is 1.68. The van der Waals surface area contributed by atoms with E-state index in [2.05, 4.69) is 5.32 Å². The van der Waals surface area contributed by atoms with Crippen LogP contribution in [0.1, 0.15) is 30.1 Å². The third kappa shape index (κ3) is 3.68. The maximum atomic E-state index is 12.3. The molecule has 2 aromatic carbocycles. The molecule has 3 amide bonds. The van der Waals surface area contributed by atoms with Gasteiger partial charge in [0.05, 0.1) is 12.3 Å². The van der Waals surface area contributed by atoms with Crippen LogP contribution in [0.25, 0.3) is 0 Å². The molecule has 1 aliphatic rings. The van der Waals surface area contributed by atoms with Crippen molar-refractivity contribution in [2.24, 2.45) is 0 Å². The zero-order valence-corrected chi connectivity index (χ0v) is 13.8. The summed E-state index contributed by atoms with van der Waals surface area (Å²) in [5.41, 5.74) is 1.59. The van der Waals surface area contributed by atoms with Gasteiger partial charge in [0, 0.05) is 24.1 Å². The fraction of sp³-hybridized carbons (Fsp3) is 0.211. The lowest BCUT2D eigenvalue weighted by Crippen LogP contribution is -2.28. The molecule has 6 heteroatoms. The molecule has 0 unspecified atom stereocenters. The van der Waals surface area contributed by atoms with Crippen molar-refractivity contribution in [2.75, 3.05) is 16.8 Å². The van der Waals surface area contributed by atoms with E-state index in [9.17, 15) is 14.4 Å².